The summed E-state index contributed by atoms with van der Waals surface area (Å²) in [6.07, 6.45) is -0.217. The molecule has 1 unspecified atom stereocenters. The summed E-state index contributed by atoms with van der Waals surface area (Å²) >= 11 is 0. The van der Waals surface area contributed by atoms with E-state index in [1.54, 1.807) is 0 Å². The molecule has 4 nitrogen and oxygen atoms in total. The monoisotopic (exact) mass is 221 g/mol. The van der Waals surface area contributed by atoms with Gasteiger partial charge in [0.05, 0.1) is 6.10 Å². The van der Waals surface area contributed by atoms with E-state index in [4.69, 9.17) is 5.11 Å². The van der Waals surface area contributed by atoms with Gasteiger partial charge in [0, 0.05) is 13.1 Å². The zero-order chi connectivity index (χ0) is 11.5. The maximum Gasteiger partial charge on any atom is 0.323 e. The number of hydrogen-bond acceptors (Lipinski definition) is 3. The number of likely N-dealkylation sites (tertiary alicyclic amines) is 1. The molecule has 0 bridgehead atoms. The van der Waals surface area contributed by atoms with Crippen molar-refractivity contribution in [2.75, 3.05) is 6.54 Å². The molecule has 1 heterocycles. The highest BCUT2D eigenvalue weighted by Crippen LogP contribution is 2.20. The molecule has 1 aliphatic heterocycles. The first-order valence-electron chi connectivity index (χ1n) is 5.37. The maximum absolute atomic E-state index is 11.0. The number of carboxylic acids is 1. The van der Waals surface area contributed by atoms with Crippen molar-refractivity contribution in [2.45, 2.75) is 25.1 Å². The number of aliphatic hydroxyl groups is 1. The van der Waals surface area contributed by atoms with E-state index in [2.05, 4.69) is 0 Å². The summed E-state index contributed by atoms with van der Waals surface area (Å²) in [5, 5.41) is 18.6. The molecule has 0 spiro atoms. The maximum atomic E-state index is 11.0. The number of aliphatic carboxylic acids is 1. The molecule has 0 saturated carbocycles. The molecule has 2 atom stereocenters. The summed E-state index contributed by atoms with van der Waals surface area (Å²) in [5.74, 6) is -0.944. The van der Waals surface area contributed by atoms with Crippen molar-refractivity contribution in [2.24, 2.45) is 0 Å². The molecule has 0 radical (unpaired) electrons. The molecule has 4 heteroatoms. The summed E-state index contributed by atoms with van der Waals surface area (Å²) in [6.45, 7) is 1.21. The number of carbonyl (C=O) groups is 1. The molecule has 2 N–H and O–H groups in total. The van der Waals surface area contributed by atoms with Gasteiger partial charge in [0.2, 0.25) is 0 Å². The van der Waals surface area contributed by atoms with E-state index in [0.29, 0.717) is 19.5 Å². The molecule has 1 fully saturated rings. The fraction of sp³-hybridized carbons (Fsp3) is 0.417. The fourth-order valence-electron chi connectivity index (χ4n) is 2.15. The van der Waals surface area contributed by atoms with Crippen molar-refractivity contribution in [3.05, 3.63) is 35.9 Å². The number of benzene rings is 1. The Kier molecular flexibility index (Phi) is 3.22. The predicted molar refractivity (Wildman–Crippen MR) is 58.9 cm³/mol. The van der Waals surface area contributed by atoms with E-state index < -0.39 is 18.1 Å². The quantitative estimate of drug-likeness (QED) is 0.789. The average molecular weight is 221 g/mol. The van der Waals surface area contributed by atoms with Crippen LogP contribution < -0.4 is 0 Å². The largest absolute Gasteiger partial charge is 0.480 e. The van der Waals surface area contributed by atoms with Gasteiger partial charge in [-0.15, -0.1) is 0 Å². The molecular weight excluding hydrogens is 206 g/mol. The van der Waals surface area contributed by atoms with Gasteiger partial charge in [0.25, 0.3) is 0 Å². The van der Waals surface area contributed by atoms with Gasteiger partial charge in [0.1, 0.15) is 6.04 Å². The van der Waals surface area contributed by atoms with Crippen LogP contribution in [0.3, 0.4) is 0 Å². The molecule has 1 aromatic rings. The van der Waals surface area contributed by atoms with Crippen LogP contribution in [-0.2, 0) is 11.3 Å². The summed E-state index contributed by atoms with van der Waals surface area (Å²) < 4.78 is 0. The van der Waals surface area contributed by atoms with Crippen LogP contribution in [0, 0.1) is 0 Å². The van der Waals surface area contributed by atoms with E-state index in [9.17, 15) is 9.90 Å². The number of carboxylic acid groups (broad SMARTS) is 1. The van der Waals surface area contributed by atoms with Crippen LogP contribution in [0.15, 0.2) is 30.3 Å². The standard InChI is InChI=1S/C12H15NO3/c14-10-6-7-13(11(10)12(15)16)8-9-4-2-1-3-5-9/h1-5,10-11,14H,6-8H2,(H,15,16)/t10?,11-/m0/s1. The third-order valence-corrected chi connectivity index (χ3v) is 2.95. The van der Waals surface area contributed by atoms with Gasteiger partial charge in [-0.25, -0.2) is 0 Å². The Morgan fingerprint density at radius 2 is 2.06 bits per heavy atom. The molecule has 2 rings (SSSR count). The number of nitrogens with zero attached hydrogens (tertiary/aromatic N) is 1. The lowest BCUT2D eigenvalue weighted by atomic mass is 10.1. The highest BCUT2D eigenvalue weighted by Gasteiger charge is 2.37. The van der Waals surface area contributed by atoms with Crippen LogP contribution in [0.4, 0.5) is 0 Å². The van der Waals surface area contributed by atoms with Gasteiger partial charge in [-0.2, -0.15) is 0 Å². The van der Waals surface area contributed by atoms with Gasteiger partial charge in [-0.1, -0.05) is 30.3 Å². The number of aliphatic hydroxyl groups excluding tert-OH is 1. The second kappa shape index (κ2) is 4.63. The van der Waals surface area contributed by atoms with E-state index in [1.165, 1.54) is 0 Å². The van der Waals surface area contributed by atoms with Gasteiger partial charge in [-0.3, -0.25) is 9.69 Å². The van der Waals surface area contributed by atoms with E-state index in [-0.39, 0.29) is 0 Å². The first-order valence-corrected chi connectivity index (χ1v) is 5.37. The third kappa shape index (κ3) is 2.23. The minimum atomic E-state index is -0.944. The normalized spacial score (nSPS) is 25.8. The predicted octanol–water partition coefficient (Wildman–Crippen LogP) is 0.706. The molecule has 1 saturated heterocycles. The number of rotatable bonds is 3. The molecule has 0 amide bonds. The highest BCUT2D eigenvalue weighted by molar-refractivity contribution is 5.74. The van der Waals surface area contributed by atoms with Gasteiger partial charge in [-0.05, 0) is 12.0 Å². The van der Waals surface area contributed by atoms with E-state index >= 15 is 0 Å². The van der Waals surface area contributed by atoms with Crippen molar-refractivity contribution in [3.8, 4) is 0 Å². The van der Waals surface area contributed by atoms with Crippen molar-refractivity contribution in [1.82, 2.24) is 4.90 Å². The van der Waals surface area contributed by atoms with Crippen molar-refractivity contribution < 1.29 is 15.0 Å². The molecule has 16 heavy (non-hydrogen) atoms. The molecule has 86 valence electrons. The van der Waals surface area contributed by atoms with Gasteiger partial charge in [0.15, 0.2) is 0 Å². The highest BCUT2D eigenvalue weighted by atomic mass is 16.4. The Balaban J connectivity index is 2.07. The van der Waals surface area contributed by atoms with Crippen LogP contribution in [0.25, 0.3) is 0 Å². The van der Waals surface area contributed by atoms with Crippen LogP contribution in [0.5, 0.6) is 0 Å². The second-order valence-corrected chi connectivity index (χ2v) is 4.10. The summed E-state index contributed by atoms with van der Waals surface area (Å²) in [5.41, 5.74) is 1.07. The Morgan fingerprint density at radius 1 is 1.38 bits per heavy atom. The fourth-order valence-corrected chi connectivity index (χ4v) is 2.15. The summed E-state index contributed by atoms with van der Waals surface area (Å²) in [4.78, 5) is 12.8. The van der Waals surface area contributed by atoms with Crippen LogP contribution in [0.1, 0.15) is 12.0 Å². The van der Waals surface area contributed by atoms with Crippen molar-refractivity contribution in [3.63, 3.8) is 0 Å². The minimum Gasteiger partial charge on any atom is -0.480 e. The van der Waals surface area contributed by atoms with Crippen molar-refractivity contribution >= 4 is 5.97 Å². The smallest absolute Gasteiger partial charge is 0.323 e. The number of hydrogen-bond donors (Lipinski definition) is 2. The zero-order valence-electron chi connectivity index (χ0n) is 8.91. The van der Waals surface area contributed by atoms with E-state index in [1.807, 2.05) is 35.2 Å². The minimum absolute atomic E-state index is 0.532. The van der Waals surface area contributed by atoms with Crippen LogP contribution in [0.2, 0.25) is 0 Å². The molecule has 1 aliphatic rings. The van der Waals surface area contributed by atoms with Gasteiger partial charge < -0.3 is 10.2 Å². The molecule has 0 aliphatic carbocycles. The van der Waals surface area contributed by atoms with Gasteiger partial charge >= 0.3 is 5.97 Å². The molecule has 0 aromatic heterocycles. The zero-order valence-corrected chi connectivity index (χ0v) is 8.91. The summed E-state index contributed by atoms with van der Waals surface area (Å²) in [7, 11) is 0. The average Bonchev–Trinajstić information content (AvgIpc) is 2.61. The molecular formula is C12H15NO3. The Bertz CT molecular complexity index is 366. The topological polar surface area (TPSA) is 60.8 Å². The SMILES string of the molecule is O=C(O)[C@@H]1C(O)CCN1Cc1ccccc1. The Hall–Kier alpha value is -1.39. The first kappa shape index (κ1) is 11.1. The van der Waals surface area contributed by atoms with Crippen LogP contribution >= 0.6 is 0 Å². The lowest BCUT2D eigenvalue weighted by Crippen LogP contribution is -2.41. The lowest BCUT2D eigenvalue weighted by molar-refractivity contribution is -0.145. The molecule has 1 aromatic carbocycles. The van der Waals surface area contributed by atoms with Crippen LogP contribution in [-0.4, -0.2) is 39.8 Å². The Labute approximate surface area is 94.1 Å². The first-order chi connectivity index (χ1) is 7.68. The lowest BCUT2D eigenvalue weighted by Gasteiger charge is -2.22. The van der Waals surface area contributed by atoms with E-state index in [0.717, 1.165) is 5.56 Å². The summed E-state index contributed by atoms with van der Waals surface area (Å²) in [6, 6.07) is 8.94. The third-order valence-electron chi connectivity index (χ3n) is 2.95. The van der Waals surface area contributed by atoms with Crippen molar-refractivity contribution in [1.29, 1.82) is 0 Å². The second-order valence-electron chi connectivity index (χ2n) is 4.10. The Morgan fingerprint density at radius 3 is 2.69 bits per heavy atom.